The van der Waals surface area contributed by atoms with Gasteiger partial charge in [-0.15, -0.1) is 11.6 Å². The van der Waals surface area contributed by atoms with Gasteiger partial charge in [-0.1, -0.05) is 50.7 Å². The quantitative estimate of drug-likeness (QED) is 0.0501. The van der Waals surface area contributed by atoms with E-state index in [2.05, 4.69) is 65.1 Å². The van der Waals surface area contributed by atoms with Gasteiger partial charge < -0.3 is 44.5 Å². The highest BCUT2D eigenvalue weighted by Gasteiger charge is 2.23. The lowest BCUT2D eigenvalue weighted by Gasteiger charge is -2.30. The lowest BCUT2D eigenvalue weighted by atomic mass is 9.82. The van der Waals surface area contributed by atoms with E-state index in [1.807, 2.05) is 38.1 Å². The summed E-state index contributed by atoms with van der Waals surface area (Å²) in [5.41, 5.74) is 10.1. The van der Waals surface area contributed by atoms with Crippen LogP contribution in [0.15, 0.2) is 94.7 Å². The first-order valence-electron chi connectivity index (χ1n) is 25.6. The number of halogens is 1. The van der Waals surface area contributed by atoms with Gasteiger partial charge in [0.15, 0.2) is 24.3 Å². The number of aliphatic hydroxyl groups is 2. The van der Waals surface area contributed by atoms with Gasteiger partial charge in [0.05, 0.1) is 29.5 Å². The molecule has 4 aliphatic rings. The predicted molar refractivity (Wildman–Crippen MR) is 276 cm³/mol. The molecule has 0 bridgehead atoms. The number of β-amino-alcohol motifs (C(OH)–C–C–N with tert-alkyl or cyclic N) is 1. The van der Waals surface area contributed by atoms with E-state index in [4.69, 9.17) is 29.9 Å². The SMILES string of the molecule is Cc1ncoc1COc1ccc2c(c1)CCN(C[C@@H](O)CNC(=O)c1ccnc(CC3CCC3)c1)C2.Cc1ncoc1COc1ccc2c(c1)CCNC2.O=C(NC[C@H](O)CCl)c1ccnc(CC2CCC2)c1. The fraction of sp³-hybridized carbons (Fsp3) is 0.464. The van der Waals surface area contributed by atoms with Crippen molar-refractivity contribution in [2.24, 2.45) is 11.8 Å². The van der Waals surface area contributed by atoms with E-state index in [1.54, 1.807) is 24.5 Å². The van der Waals surface area contributed by atoms with Gasteiger partial charge in [-0.2, -0.15) is 0 Å². The van der Waals surface area contributed by atoms with Crippen LogP contribution < -0.4 is 25.4 Å². The molecular weight excluding hydrogens is 948 g/mol. The Morgan fingerprint density at radius 3 is 1.75 bits per heavy atom. The number of hydrogen-bond donors (Lipinski definition) is 5. The zero-order chi connectivity index (χ0) is 50.9. The van der Waals surface area contributed by atoms with Crippen molar-refractivity contribution >= 4 is 23.4 Å². The lowest BCUT2D eigenvalue weighted by molar-refractivity contribution is 0.0841. The van der Waals surface area contributed by atoms with Crippen LogP contribution in [0.1, 0.15) is 116 Å². The molecule has 10 rings (SSSR count). The molecule has 2 atom stereocenters. The second kappa shape index (κ2) is 26.7. The van der Waals surface area contributed by atoms with Crippen molar-refractivity contribution in [3.8, 4) is 11.5 Å². The largest absolute Gasteiger partial charge is 0.486 e. The molecule has 0 radical (unpaired) electrons. The number of fused-ring (bicyclic) bond motifs is 2. The first-order chi connectivity index (χ1) is 35.5. The number of carbonyl (C=O) groups excluding carboxylic acids is 2. The van der Waals surface area contributed by atoms with E-state index in [9.17, 15) is 19.8 Å². The maximum absolute atomic E-state index is 12.6. The van der Waals surface area contributed by atoms with E-state index < -0.39 is 12.2 Å². The van der Waals surface area contributed by atoms with Crippen molar-refractivity contribution in [2.45, 2.75) is 117 Å². The summed E-state index contributed by atoms with van der Waals surface area (Å²) in [5.74, 6) is 4.42. The Labute approximate surface area is 432 Å². The Morgan fingerprint density at radius 2 is 1.25 bits per heavy atom. The molecule has 4 aromatic heterocycles. The molecule has 388 valence electrons. The Bertz CT molecular complexity index is 2720. The van der Waals surface area contributed by atoms with Crippen molar-refractivity contribution in [3.63, 3.8) is 0 Å². The van der Waals surface area contributed by atoms with Crippen LogP contribution >= 0.6 is 11.6 Å². The van der Waals surface area contributed by atoms with Gasteiger partial charge in [0.2, 0.25) is 0 Å². The second-order valence-electron chi connectivity index (χ2n) is 19.5. The summed E-state index contributed by atoms with van der Waals surface area (Å²) in [6, 6.07) is 19.5. The summed E-state index contributed by atoms with van der Waals surface area (Å²) >= 11 is 5.48. The molecule has 6 heterocycles. The third kappa shape index (κ3) is 15.9. The minimum atomic E-state index is -0.707. The molecule has 2 amide bonds. The van der Waals surface area contributed by atoms with Crippen molar-refractivity contribution in [1.29, 1.82) is 0 Å². The van der Waals surface area contributed by atoms with Crippen molar-refractivity contribution < 1.29 is 38.1 Å². The monoisotopic (exact) mass is 1020 g/mol. The Hall–Kier alpha value is -6.17. The summed E-state index contributed by atoms with van der Waals surface area (Å²) in [6.07, 6.45) is 16.4. The number of carbonyl (C=O) groups is 2. The molecule has 16 nitrogen and oxygen atoms in total. The van der Waals surface area contributed by atoms with Gasteiger partial charge in [-0.25, -0.2) is 9.97 Å². The first kappa shape index (κ1) is 53.1. The standard InChI is InChI=1S/C28H34N4O4.C14H19ClN2O2.C14H16N2O2/c1-19-27(36-18-31-19)17-35-26-6-5-23-15-32(10-8-21(23)13-26)16-25(33)14-30-28(34)22-7-9-29-24(12-22)11-20-3-2-4-20;15-8-13(18)9-17-14(19)11-4-5-16-12(7-11)6-10-2-1-3-10;1-10-14(18-9-16-10)8-17-13-3-2-12-7-15-5-4-11(12)6-13/h5-7,9,12-13,18,20,25,33H,2-4,8,10-11,14-17H2,1H3,(H,30,34);4-5,7,10,13,18H,1-3,6,8-9H2,(H,17,19);2-3,6,9,15H,4-5,7-8H2,1H3/t25-;13-;/m01./s1. The third-order valence-electron chi connectivity index (χ3n) is 14.0. The summed E-state index contributed by atoms with van der Waals surface area (Å²) in [5, 5.41) is 28.8. The molecule has 2 fully saturated rings. The average molecular weight is 1020 g/mol. The topological polar surface area (TPSA) is 210 Å². The Morgan fingerprint density at radius 1 is 0.712 bits per heavy atom. The average Bonchev–Trinajstić information content (AvgIpc) is 4.01. The molecule has 0 spiro atoms. The van der Waals surface area contributed by atoms with Crippen LogP contribution in [0.25, 0.3) is 0 Å². The fourth-order valence-electron chi connectivity index (χ4n) is 9.09. The zero-order valence-corrected chi connectivity index (χ0v) is 42.7. The van der Waals surface area contributed by atoms with Gasteiger partial charge >= 0.3 is 0 Å². The molecule has 0 unspecified atom stereocenters. The number of alkyl halides is 1. The first-order valence-corrected chi connectivity index (χ1v) is 26.2. The van der Waals surface area contributed by atoms with Crippen LogP contribution in [-0.4, -0.2) is 97.7 Å². The number of ether oxygens (including phenoxy) is 2. The van der Waals surface area contributed by atoms with Crippen LogP contribution in [0.5, 0.6) is 11.5 Å². The minimum Gasteiger partial charge on any atom is -0.486 e. The van der Waals surface area contributed by atoms with Crippen LogP contribution in [0.4, 0.5) is 0 Å². The van der Waals surface area contributed by atoms with Crippen LogP contribution in [-0.2, 0) is 52.0 Å². The molecule has 2 aliphatic carbocycles. The molecule has 17 heteroatoms. The van der Waals surface area contributed by atoms with Crippen LogP contribution in [0.2, 0.25) is 0 Å². The zero-order valence-electron chi connectivity index (χ0n) is 42.0. The van der Waals surface area contributed by atoms with Gasteiger partial charge in [0.25, 0.3) is 11.8 Å². The number of pyridine rings is 2. The van der Waals surface area contributed by atoms with Crippen LogP contribution in [0, 0.1) is 25.7 Å². The highest BCUT2D eigenvalue weighted by Crippen LogP contribution is 2.31. The molecule has 5 N–H and O–H groups in total. The third-order valence-corrected chi connectivity index (χ3v) is 14.4. The number of benzene rings is 2. The number of rotatable bonds is 19. The molecule has 2 saturated carbocycles. The van der Waals surface area contributed by atoms with Crippen molar-refractivity contribution in [1.82, 2.24) is 40.8 Å². The smallest absolute Gasteiger partial charge is 0.251 e. The number of aromatic nitrogens is 4. The lowest BCUT2D eigenvalue weighted by Crippen LogP contribution is -2.42. The molecular formula is C56H69ClN8O8. The van der Waals surface area contributed by atoms with Gasteiger partial charge in [0, 0.05) is 74.2 Å². The number of aryl methyl sites for hydroxylation is 2. The summed E-state index contributed by atoms with van der Waals surface area (Å²) in [7, 11) is 0. The number of oxazole rings is 2. The molecule has 6 aromatic rings. The van der Waals surface area contributed by atoms with E-state index >= 15 is 0 Å². The summed E-state index contributed by atoms with van der Waals surface area (Å²) < 4.78 is 22.2. The highest BCUT2D eigenvalue weighted by molar-refractivity contribution is 6.18. The normalized spacial score (nSPS) is 16.1. The number of nitrogens with one attached hydrogen (secondary N) is 3. The predicted octanol–water partition coefficient (Wildman–Crippen LogP) is 7.41. The summed E-state index contributed by atoms with van der Waals surface area (Å²) in [6.45, 7) is 9.10. The number of aliphatic hydroxyl groups excluding tert-OH is 2. The second-order valence-corrected chi connectivity index (χ2v) is 19.8. The number of hydrogen-bond acceptors (Lipinski definition) is 14. The maximum Gasteiger partial charge on any atom is 0.251 e. The van der Waals surface area contributed by atoms with E-state index in [0.29, 0.717) is 36.8 Å². The maximum atomic E-state index is 12.6. The van der Waals surface area contributed by atoms with E-state index in [1.165, 1.54) is 73.6 Å². The molecule has 2 aromatic carbocycles. The van der Waals surface area contributed by atoms with Gasteiger partial charge in [-0.3, -0.25) is 24.5 Å². The fourth-order valence-corrected chi connectivity index (χ4v) is 9.20. The number of amides is 2. The summed E-state index contributed by atoms with van der Waals surface area (Å²) in [4.78, 5) is 43.6. The van der Waals surface area contributed by atoms with E-state index in [0.717, 1.165) is 104 Å². The molecule has 2 aliphatic heterocycles. The Kier molecular flexibility index (Phi) is 19.4. The Balaban J connectivity index is 0.000000161. The van der Waals surface area contributed by atoms with Crippen molar-refractivity contribution in [2.75, 3.05) is 38.6 Å². The highest BCUT2D eigenvalue weighted by atomic mass is 35.5. The minimum absolute atomic E-state index is 0.115. The van der Waals surface area contributed by atoms with Crippen molar-refractivity contribution in [3.05, 3.63) is 154 Å². The van der Waals surface area contributed by atoms with E-state index in [-0.39, 0.29) is 30.8 Å². The van der Waals surface area contributed by atoms with Crippen LogP contribution in [0.3, 0.4) is 0 Å². The van der Waals surface area contributed by atoms with Gasteiger partial charge in [0.1, 0.15) is 24.7 Å². The van der Waals surface area contributed by atoms with Gasteiger partial charge in [-0.05, 0) is 129 Å². The number of nitrogens with zero attached hydrogens (tertiary/aromatic N) is 5. The molecule has 0 saturated heterocycles. The molecule has 73 heavy (non-hydrogen) atoms.